The molecule has 0 fully saturated rings. The number of carbonyl (C=O) groups excluding carboxylic acids is 1. The van der Waals surface area contributed by atoms with Crippen LogP contribution in [0.5, 0.6) is 0 Å². The highest BCUT2D eigenvalue weighted by molar-refractivity contribution is 7.92. The molecule has 126 valence electrons. The van der Waals surface area contributed by atoms with E-state index < -0.39 is 21.7 Å². The van der Waals surface area contributed by atoms with Crippen molar-refractivity contribution in [2.24, 2.45) is 0 Å². The zero-order chi connectivity index (χ0) is 17.6. The van der Waals surface area contributed by atoms with Gasteiger partial charge in [-0.3, -0.25) is 0 Å². The molecule has 2 rings (SSSR count). The normalized spacial score (nSPS) is 12.4. The van der Waals surface area contributed by atoms with E-state index in [4.69, 9.17) is 27.9 Å². The van der Waals surface area contributed by atoms with E-state index in [0.717, 1.165) is 16.9 Å². The summed E-state index contributed by atoms with van der Waals surface area (Å²) in [6, 6.07) is 3.06. The molecule has 0 atom stereocenters. The van der Waals surface area contributed by atoms with Crippen LogP contribution in [-0.2, 0) is 14.8 Å². The van der Waals surface area contributed by atoms with E-state index in [9.17, 15) is 13.2 Å². The third kappa shape index (κ3) is 4.09. The maximum Gasteiger partial charge on any atom is 0.421 e. The van der Waals surface area contributed by atoms with Gasteiger partial charge in [0.2, 0.25) is 0 Å². The van der Waals surface area contributed by atoms with Gasteiger partial charge in [0, 0.05) is 5.39 Å². The fraction of sp³-hybridized carbons (Fsp3) is 0.357. The summed E-state index contributed by atoms with van der Waals surface area (Å²) in [5.41, 5.74) is -0.0604. The second-order valence-corrected chi connectivity index (χ2v) is 9.65. The van der Waals surface area contributed by atoms with Gasteiger partial charge >= 0.3 is 6.09 Å². The lowest BCUT2D eigenvalue weighted by molar-refractivity contribution is 0.0570. The average molecular weight is 396 g/mol. The summed E-state index contributed by atoms with van der Waals surface area (Å²) in [6.45, 7) is 6.70. The number of fused-ring (bicyclic) bond motifs is 1. The molecule has 1 amide bonds. The van der Waals surface area contributed by atoms with Gasteiger partial charge < -0.3 is 4.74 Å². The molecule has 1 aromatic carbocycles. The second-order valence-electron chi connectivity index (χ2n) is 5.90. The lowest BCUT2D eigenvalue weighted by Crippen LogP contribution is -2.36. The molecule has 0 unspecified atom stereocenters. The molecule has 5 nitrogen and oxygen atoms in total. The van der Waals surface area contributed by atoms with Crippen molar-refractivity contribution in [3.05, 3.63) is 27.7 Å². The number of benzene rings is 1. The second kappa shape index (κ2) is 6.12. The number of nitrogens with one attached hydrogen (secondary N) is 1. The van der Waals surface area contributed by atoms with Crippen molar-refractivity contribution < 1.29 is 17.9 Å². The van der Waals surface area contributed by atoms with Gasteiger partial charge in [0.15, 0.2) is 0 Å². The summed E-state index contributed by atoms with van der Waals surface area (Å²) in [7, 11) is -4.06. The summed E-state index contributed by atoms with van der Waals surface area (Å²) < 4.78 is 32.0. The number of aryl methyl sites for hydroxylation is 1. The Labute approximate surface area is 148 Å². The van der Waals surface area contributed by atoms with Crippen molar-refractivity contribution in [3.63, 3.8) is 0 Å². The molecule has 0 aliphatic heterocycles. The molecule has 0 radical (unpaired) electrons. The molecule has 2 aromatic rings. The first kappa shape index (κ1) is 18.3. The minimum atomic E-state index is -4.06. The molecule has 0 bridgehead atoms. The van der Waals surface area contributed by atoms with Crippen LogP contribution in [0.1, 0.15) is 26.3 Å². The van der Waals surface area contributed by atoms with E-state index in [0.29, 0.717) is 20.1 Å². The highest BCUT2D eigenvalue weighted by atomic mass is 35.5. The summed E-state index contributed by atoms with van der Waals surface area (Å²) in [4.78, 5) is 11.7. The van der Waals surface area contributed by atoms with Crippen molar-refractivity contribution in [2.45, 2.75) is 37.5 Å². The zero-order valence-corrected chi connectivity index (χ0v) is 16.0. The predicted molar refractivity (Wildman–Crippen MR) is 93.1 cm³/mol. The summed E-state index contributed by atoms with van der Waals surface area (Å²) in [5.74, 6) is 0. The fourth-order valence-corrected chi connectivity index (χ4v) is 4.73. The van der Waals surface area contributed by atoms with Gasteiger partial charge in [0.05, 0.1) is 14.7 Å². The smallest absolute Gasteiger partial charge is 0.421 e. The minimum Gasteiger partial charge on any atom is -0.443 e. The van der Waals surface area contributed by atoms with Gasteiger partial charge in [0.25, 0.3) is 10.0 Å². The Morgan fingerprint density at radius 3 is 2.43 bits per heavy atom. The van der Waals surface area contributed by atoms with E-state index in [1.807, 2.05) is 4.72 Å². The lowest BCUT2D eigenvalue weighted by Gasteiger charge is -2.19. The number of carbonyl (C=O) groups is 1. The van der Waals surface area contributed by atoms with E-state index in [1.165, 1.54) is 6.07 Å². The van der Waals surface area contributed by atoms with Crippen LogP contribution in [0.15, 0.2) is 16.3 Å². The quantitative estimate of drug-likeness (QED) is 0.797. The fourth-order valence-electron chi connectivity index (χ4n) is 1.83. The Bertz CT molecular complexity index is 882. The summed E-state index contributed by atoms with van der Waals surface area (Å²) in [6.07, 6.45) is -1.04. The number of amides is 1. The van der Waals surface area contributed by atoms with Crippen LogP contribution in [-0.4, -0.2) is 20.1 Å². The van der Waals surface area contributed by atoms with Crippen LogP contribution >= 0.6 is 34.5 Å². The Balaban J connectivity index is 2.41. The van der Waals surface area contributed by atoms with E-state index in [-0.39, 0.29) is 4.21 Å². The highest BCUT2D eigenvalue weighted by Crippen LogP contribution is 2.39. The third-order valence-corrected chi connectivity index (χ3v) is 6.60. The van der Waals surface area contributed by atoms with Crippen molar-refractivity contribution in [3.8, 4) is 0 Å². The number of rotatable bonds is 2. The standard InChI is InChI=1S/C14H15Cl2NO4S2/c1-7-5-9(15)12-8(11(7)16)6-10(22-12)23(19,20)17-13(18)21-14(2,3)4/h5-6H,1-4H3,(H,17,18). The molecule has 0 saturated heterocycles. The topological polar surface area (TPSA) is 72.5 Å². The van der Waals surface area contributed by atoms with Gasteiger partial charge in [-0.15, -0.1) is 11.3 Å². The summed E-state index contributed by atoms with van der Waals surface area (Å²) in [5, 5.41) is 1.37. The Morgan fingerprint density at radius 1 is 1.26 bits per heavy atom. The lowest BCUT2D eigenvalue weighted by atomic mass is 10.2. The maximum absolute atomic E-state index is 12.3. The number of hydrogen-bond donors (Lipinski definition) is 1. The molecule has 23 heavy (non-hydrogen) atoms. The van der Waals surface area contributed by atoms with Crippen LogP contribution in [0, 0.1) is 6.92 Å². The third-order valence-electron chi connectivity index (χ3n) is 2.73. The van der Waals surface area contributed by atoms with E-state index in [2.05, 4.69) is 0 Å². The molecule has 0 aliphatic rings. The number of halogens is 2. The van der Waals surface area contributed by atoms with Crippen molar-refractivity contribution in [1.29, 1.82) is 0 Å². The minimum absolute atomic E-state index is 0.0623. The van der Waals surface area contributed by atoms with Gasteiger partial charge in [0.1, 0.15) is 9.81 Å². The van der Waals surface area contributed by atoms with Crippen LogP contribution in [0.2, 0.25) is 10.0 Å². The van der Waals surface area contributed by atoms with E-state index in [1.54, 1.807) is 33.8 Å². The van der Waals surface area contributed by atoms with Crippen molar-refractivity contribution in [2.75, 3.05) is 0 Å². The van der Waals surface area contributed by atoms with Crippen LogP contribution in [0.3, 0.4) is 0 Å². The van der Waals surface area contributed by atoms with Gasteiger partial charge in [-0.1, -0.05) is 23.2 Å². The van der Waals surface area contributed by atoms with Crippen molar-refractivity contribution >= 4 is 60.7 Å². The van der Waals surface area contributed by atoms with Gasteiger partial charge in [-0.25, -0.2) is 17.9 Å². The first-order valence-electron chi connectivity index (χ1n) is 6.54. The Hall–Kier alpha value is -1.02. The van der Waals surface area contributed by atoms with Crippen LogP contribution < -0.4 is 4.72 Å². The SMILES string of the molecule is Cc1cc(Cl)c2sc(S(=O)(=O)NC(=O)OC(C)(C)C)cc2c1Cl. The highest BCUT2D eigenvalue weighted by Gasteiger charge is 2.25. The average Bonchev–Trinajstić information content (AvgIpc) is 2.79. The monoisotopic (exact) mass is 395 g/mol. The molecular formula is C14H15Cl2NO4S2. The Kier molecular flexibility index (Phi) is 4.88. The molecule has 0 aliphatic carbocycles. The van der Waals surface area contributed by atoms with Gasteiger partial charge in [-0.05, 0) is 45.4 Å². The number of hydrogen-bond acceptors (Lipinski definition) is 5. The van der Waals surface area contributed by atoms with Crippen LogP contribution in [0.25, 0.3) is 10.1 Å². The van der Waals surface area contributed by atoms with Gasteiger partial charge in [-0.2, -0.15) is 0 Å². The molecule has 1 aromatic heterocycles. The predicted octanol–water partition coefficient (Wildman–Crippen LogP) is 4.73. The van der Waals surface area contributed by atoms with Crippen LogP contribution in [0.4, 0.5) is 4.79 Å². The molecule has 0 spiro atoms. The number of ether oxygens (including phenoxy) is 1. The number of sulfonamides is 1. The Morgan fingerprint density at radius 2 is 1.87 bits per heavy atom. The molecule has 1 heterocycles. The summed E-state index contributed by atoms with van der Waals surface area (Å²) >= 11 is 13.3. The number of thiophene rings is 1. The van der Waals surface area contributed by atoms with Crippen molar-refractivity contribution in [1.82, 2.24) is 4.72 Å². The zero-order valence-electron chi connectivity index (χ0n) is 12.9. The largest absolute Gasteiger partial charge is 0.443 e. The molecular weight excluding hydrogens is 381 g/mol. The molecule has 1 N–H and O–H groups in total. The molecule has 0 saturated carbocycles. The first-order valence-corrected chi connectivity index (χ1v) is 9.60. The first-order chi connectivity index (χ1) is 10.4. The van der Waals surface area contributed by atoms with E-state index >= 15 is 0 Å². The molecule has 9 heteroatoms. The maximum atomic E-state index is 12.3.